The third-order valence-electron chi connectivity index (χ3n) is 4.88. The number of rotatable bonds is 5. The molecule has 0 bridgehead atoms. The van der Waals surface area contributed by atoms with Crippen molar-refractivity contribution in [3.63, 3.8) is 0 Å². The first-order valence-electron chi connectivity index (χ1n) is 9.42. The molecule has 3 aromatic carbocycles. The minimum atomic E-state index is -4.49. The molecule has 10 heteroatoms. The zero-order valence-corrected chi connectivity index (χ0v) is 17.5. The summed E-state index contributed by atoms with van der Waals surface area (Å²) in [6.07, 6.45) is 0. The summed E-state index contributed by atoms with van der Waals surface area (Å²) in [6, 6.07) is 15.4. The van der Waals surface area contributed by atoms with E-state index in [1.165, 1.54) is 36.4 Å². The molecule has 0 aliphatic carbocycles. The summed E-state index contributed by atoms with van der Waals surface area (Å²) in [5.74, 6) is -1.38. The molecule has 0 unspecified atom stereocenters. The van der Waals surface area contributed by atoms with Crippen LogP contribution in [-0.4, -0.2) is 24.1 Å². The van der Waals surface area contributed by atoms with E-state index in [2.05, 4.69) is 0 Å². The van der Waals surface area contributed by atoms with Crippen LogP contribution in [0.2, 0.25) is 0 Å². The van der Waals surface area contributed by atoms with E-state index >= 15 is 4.39 Å². The number of pyridine rings is 1. The largest absolute Gasteiger partial charge is 0.477 e. The van der Waals surface area contributed by atoms with E-state index < -0.39 is 33.9 Å². The lowest BCUT2D eigenvalue weighted by Crippen LogP contribution is -2.19. The van der Waals surface area contributed by atoms with Crippen LogP contribution in [0.4, 0.5) is 8.78 Å². The normalized spacial score (nSPS) is 11.3. The third kappa shape index (κ3) is 4.32. The van der Waals surface area contributed by atoms with Gasteiger partial charge in [0, 0.05) is 23.1 Å². The lowest BCUT2D eigenvalue weighted by molar-refractivity contribution is 0.366. The van der Waals surface area contributed by atoms with Gasteiger partial charge in [0.05, 0.1) is 16.1 Å². The van der Waals surface area contributed by atoms with Crippen molar-refractivity contribution >= 4 is 21.0 Å². The molecule has 0 atom stereocenters. The van der Waals surface area contributed by atoms with Crippen LogP contribution in [-0.2, 0) is 10.1 Å². The third-order valence-corrected chi connectivity index (χ3v) is 5.73. The van der Waals surface area contributed by atoms with E-state index in [0.717, 1.165) is 34.9 Å². The fourth-order valence-electron chi connectivity index (χ4n) is 3.45. The summed E-state index contributed by atoms with van der Waals surface area (Å²) >= 11 is 0. The average Bonchev–Trinajstić information content (AvgIpc) is 2.77. The van der Waals surface area contributed by atoms with E-state index in [0.29, 0.717) is 0 Å². The number of hydrogen-bond donors (Lipinski definition) is 1. The summed E-state index contributed by atoms with van der Waals surface area (Å²) in [7, 11) is -4.49. The van der Waals surface area contributed by atoms with Crippen molar-refractivity contribution in [2.24, 2.45) is 0 Å². The first-order valence-corrected chi connectivity index (χ1v) is 10.9. The van der Waals surface area contributed by atoms with Crippen molar-refractivity contribution in [1.82, 2.24) is 4.57 Å². The van der Waals surface area contributed by atoms with E-state index in [1.54, 1.807) is 6.07 Å². The number of nitriles is 1. The number of fused-ring (bicyclic) bond motifs is 1. The van der Waals surface area contributed by atoms with Gasteiger partial charge in [0.1, 0.15) is 23.5 Å². The molecule has 1 aromatic heterocycles. The van der Waals surface area contributed by atoms with Crippen LogP contribution in [0.1, 0.15) is 0 Å². The monoisotopic (exact) mass is 468 g/mol. The predicted molar refractivity (Wildman–Crippen MR) is 116 cm³/mol. The minimum absolute atomic E-state index is 0.00636. The summed E-state index contributed by atoms with van der Waals surface area (Å²) in [5.41, 5.74) is -0.202. The van der Waals surface area contributed by atoms with Crippen molar-refractivity contribution < 1.29 is 26.5 Å². The molecule has 0 saturated heterocycles. The topological polar surface area (TPSA) is 109 Å². The SMILES string of the molecule is N#CCOc1cc(-c2cccc(F)c2)c(F)cc1-n1c(=O)ccc2cc(S(=O)(=O)O)ccc21. The highest BCUT2D eigenvalue weighted by Crippen LogP contribution is 2.34. The average molecular weight is 468 g/mol. The quantitative estimate of drug-likeness (QED) is 0.442. The molecular formula is C23H14F2N2O5S. The molecule has 0 saturated carbocycles. The molecule has 4 rings (SSSR count). The highest BCUT2D eigenvalue weighted by Gasteiger charge is 2.18. The van der Waals surface area contributed by atoms with Gasteiger partial charge in [-0.05, 0) is 48.0 Å². The Morgan fingerprint density at radius 1 is 1.03 bits per heavy atom. The maximum absolute atomic E-state index is 15.1. The van der Waals surface area contributed by atoms with Crippen molar-refractivity contribution in [3.05, 3.63) is 88.7 Å². The Morgan fingerprint density at radius 2 is 1.82 bits per heavy atom. The Balaban J connectivity index is 2.00. The molecule has 0 spiro atoms. The van der Waals surface area contributed by atoms with Gasteiger partial charge in [-0.1, -0.05) is 12.1 Å². The van der Waals surface area contributed by atoms with Gasteiger partial charge >= 0.3 is 0 Å². The second-order valence-corrected chi connectivity index (χ2v) is 8.38. The number of ether oxygens (including phenoxy) is 1. The van der Waals surface area contributed by atoms with Gasteiger partial charge < -0.3 is 4.74 Å². The second-order valence-electron chi connectivity index (χ2n) is 6.96. The number of halogens is 2. The van der Waals surface area contributed by atoms with Gasteiger partial charge in [0.25, 0.3) is 15.7 Å². The van der Waals surface area contributed by atoms with Gasteiger partial charge in [-0.3, -0.25) is 13.9 Å². The zero-order valence-electron chi connectivity index (χ0n) is 16.7. The Bertz CT molecular complexity index is 1610. The van der Waals surface area contributed by atoms with Crippen LogP contribution in [0.3, 0.4) is 0 Å². The Morgan fingerprint density at radius 3 is 2.52 bits per heavy atom. The number of hydrogen-bond acceptors (Lipinski definition) is 5. The van der Waals surface area contributed by atoms with Gasteiger partial charge in [-0.15, -0.1) is 0 Å². The first-order chi connectivity index (χ1) is 15.7. The van der Waals surface area contributed by atoms with Crippen LogP contribution in [0.25, 0.3) is 27.7 Å². The molecule has 0 aliphatic heterocycles. The lowest BCUT2D eigenvalue weighted by Gasteiger charge is -2.17. The van der Waals surface area contributed by atoms with Crippen LogP contribution in [0.5, 0.6) is 5.75 Å². The summed E-state index contributed by atoms with van der Waals surface area (Å²) < 4.78 is 67.6. The fraction of sp³-hybridized carbons (Fsp3) is 0.0435. The highest BCUT2D eigenvalue weighted by molar-refractivity contribution is 7.85. The van der Waals surface area contributed by atoms with E-state index in [-0.39, 0.29) is 38.4 Å². The first kappa shape index (κ1) is 22.1. The van der Waals surface area contributed by atoms with Gasteiger partial charge in [-0.25, -0.2) is 8.78 Å². The minimum Gasteiger partial charge on any atom is -0.477 e. The molecule has 1 N–H and O–H groups in total. The number of benzene rings is 3. The van der Waals surface area contributed by atoms with Gasteiger partial charge in [0.15, 0.2) is 6.61 Å². The van der Waals surface area contributed by atoms with E-state index in [9.17, 15) is 22.2 Å². The van der Waals surface area contributed by atoms with Gasteiger partial charge in [0.2, 0.25) is 0 Å². The van der Waals surface area contributed by atoms with Crippen molar-refractivity contribution in [1.29, 1.82) is 5.26 Å². The van der Waals surface area contributed by atoms with Crippen molar-refractivity contribution in [2.75, 3.05) is 6.61 Å². The molecular weight excluding hydrogens is 454 g/mol. The van der Waals surface area contributed by atoms with Crippen LogP contribution in [0.15, 0.2) is 76.4 Å². The number of aromatic nitrogens is 1. The molecule has 4 aromatic rings. The molecule has 7 nitrogen and oxygen atoms in total. The molecule has 0 fully saturated rings. The standard InChI is InChI=1S/C23H14F2N2O5S/c24-16-3-1-2-14(10-16)18-12-22(32-9-8-26)21(13-19(18)25)27-20-6-5-17(33(29,30)31)11-15(20)4-7-23(27)28/h1-7,10-13H,9H2,(H,29,30,31). The van der Waals surface area contributed by atoms with Crippen molar-refractivity contribution in [2.45, 2.75) is 4.90 Å². The van der Waals surface area contributed by atoms with Crippen LogP contribution >= 0.6 is 0 Å². The molecule has 33 heavy (non-hydrogen) atoms. The van der Waals surface area contributed by atoms with Crippen molar-refractivity contribution in [3.8, 4) is 28.6 Å². The Hall–Kier alpha value is -4.07. The van der Waals surface area contributed by atoms with Crippen LogP contribution < -0.4 is 10.3 Å². The van der Waals surface area contributed by atoms with Crippen LogP contribution in [0, 0.1) is 23.0 Å². The maximum Gasteiger partial charge on any atom is 0.294 e. The molecule has 0 aliphatic rings. The fourth-order valence-corrected chi connectivity index (χ4v) is 3.97. The van der Waals surface area contributed by atoms with Gasteiger partial charge in [-0.2, -0.15) is 13.7 Å². The number of nitrogens with zero attached hydrogens (tertiary/aromatic N) is 2. The molecule has 0 radical (unpaired) electrons. The summed E-state index contributed by atoms with van der Waals surface area (Å²) in [5, 5.41) is 9.22. The summed E-state index contributed by atoms with van der Waals surface area (Å²) in [6.45, 7) is -0.409. The second kappa shape index (κ2) is 8.46. The van der Waals surface area contributed by atoms with E-state index in [4.69, 9.17) is 10.00 Å². The lowest BCUT2D eigenvalue weighted by atomic mass is 10.0. The zero-order chi connectivity index (χ0) is 23.8. The summed E-state index contributed by atoms with van der Waals surface area (Å²) in [4.78, 5) is 12.4. The Kier molecular flexibility index (Phi) is 5.68. The molecule has 1 heterocycles. The molecule has 0 amide bonds. The Labute approximate surface area is 186 Å². The predicted octanol–water partition coefficient (Wildman–Crippen LogP) is 4.08. The maximum atomic E-state index is 15.1. The smallest absolute Gasteiger partial charge is 0.294 e. The molecule has 166 valence electrons. The van der Waals surface area contributed by atoms with E-state index in [1.807, 2.05) is 0 Å². The highest BCUT2D eigenvalue weighted by atomic mass is 32.2.